The Morgan fingerprint density at radius 3 is 3.00 bits per heavy atom. The van der Waals surface area contributed by atoms with Gasteiger partial charge in [-0.3, -0.25) is 4.98 Å². The third kappa shape index (κ3) is 2.58. The summed E-state index contributed by atoms with van der Waals surface area (Å²) in [5.74, 6) is 0. The lowest BCUT2D eigenvalue weighted by molar-refractivity contribution is 0.441. The quantitative estimate of drug-likeness (QED) is 0.740. The van der Waals surface area contributed by atoms with Gasteiger partial charge >= 0.3 is 0 Å². The predicted molar refractivity (Wildman–Crippen MR) is 46.6 cm³/mol. The lowest BCUT2D eigenvalue weighted by Gasteiger charge is -2.10. The van der Waals surface area contributed by atoms with E-state index in [9.17, 15) is 4.39 Å². The fourth-order valence-electron chi connectivity index (χ4n) is 1.01. The first-order valence-electron chi connectivity index (χ1n) is 4.05. The molecule has 0 radical (unpaired) electrons. The summed E-state index contributed by atoms with van der Waals surface area (Å²) in [6.45, 7) is 2.02. The van der Waals surface area contributed by atoms with Crippen LogP contribution < -0.4 is 5.32 Å². The van der Waals surface area contributed by atoms with Crippen LogP contribution >= 0.6 is 0 Å². The maximum atomic E-state index is 11.8. The minimum Gasteiger partial charge on any atom is -0.306 e. The van der Waals surface area contributed by atoms with Crippen molar-refractivity contribution in [3.63, 3.8) is 0 Å². The third-order valence-corrected chi connectivity index (χ3v) is 1.68. The van der Waals surface area contributed by atoms with Crippen LogP contribution in [0.5, 0.6) is 0 Å². The van der Waals surface area contributed by atoms with Crippen molar-refractivity contribution in [2.45, 2.75) is 13.0 Å². The van der Waals surface area contributed by atoms with Crippen molar-refractivity contribution in [1.82, 2.24) is 10.3 Å². The Hall–Kier alpha value is -0.960. The van der Waals surface area contributed by atoms with Crippen molar-refractivity contribution in [3.8, 4) is 0 Å². The zero-order valence-corrected chi connectivity index (χ0v) is 7.13. The minimum atomic E-state index is -0.336. The molecule has 0 aliphatic heterocycles. The summed E-state index contributed by atoms with van der Waals surface area (Å²) in [4.78, 5) is 4.15. The van der Waals surface area contributed by atoms with Gasteiger partial charge in [0.05, 0.1) is 5.69 Å². The van der Waals surface area contributed by atoms with Crippen LogP contribution in [0.15, 0.2) is 24.4 Å². The molecule has 0 fully saturated rings. The Morgan fingerprint density at radius 1 is 1.58 bits per heavy atom. The second kappa shape index (κ2) is 4.83. The molecule has 0 amide bonds. The van der Waals surface area contributed by atoms with Gasteiger partial charge in [0.2, 0.25) is 0 Å². The van der Waals surface area contributed by atoms with Crippen molar-refractivity contribution in [3.05, 3.63) is 30.1 Å². The van der Waals surface area contributed by atoms with Gasteiger partial charge in [0.1, 0.15) is 6.67 Å². The van der Waals surface area contributed by atoms with Crippen LogP contribution in [0.25, 0.3) is 0 Å². The maximum absolute atomic E-state index is 11.8. The molecule has 0 aliphatic carbocycles. The Kier molecular flexibility index (Phi) is 3.67. The van der Waals surface area contributed by atoms with E-state index in [1.165, 1.54) is 0 Å². The number of halogens is 1. The molecular weight excluding hydrogens is 155 g/mol. The molecule has 1 heterocycles. The number of pyridine rings is 1. The molecule has 1 N–H and O–H groups in total. The second-order valence-corrected chi connectivity index (χ2v) is 2.62. The third-order valence-electron chi connectivity index (χ3n) is 1.68. The monoisotopic (exact) mass is 168 g/mol. The summed E-state index contributed by atoms with van der Waals surface area (Å²) in [6, 6.07) is 5.85. The summed E-state index contributed by atoms with van der Waals surface area (Å²) in [5.41, 5.74) is 0.950. The van der Waals surface area contributed by atoms with E-state index < -0.39 is 0 Å². The molecule has 1 unspecified atom stereocenters. The Morgan fingerprint density at radius 2 is 2.42 bits per heavy atom. The van der Waals surface area contributed by atoms with Gasteiger partial charge in [-0.15, -0.1) is 0 Å². The molecule has 0 aromatic carbocycles. The zero-order valence-electron chi connectivity index (χ0n) is 7.13. The first kappa shape index (κ1) is 9.13. The molecule has 12 heavy (non-hydrogen) atoms. The van der Waals surface area contributed by atoms with E-state index in [2.05, 4.69) is 10.3 Å². The van der Waals surface area contributed by atoms with Crippen LogP contribution in [0.2, 0.25) is 0 Å². The highest BCUT2D eigenvalue weighted by molar-refractivity contribution is 5.07. The topological polar surface area (TPSA) is 24.9 Å². The number of alkyl halides is 1. The number of aromatic nitrogens is 1. The summed E-state index contributed by atoms with van der Waals surface area (Å²) in [7, 11) is 0. The summed E-state index contributed by atoms with van der Waals surface area (Å²) in [6.07, 6.45) is 1.74. The van der Waals surface area contributed by atoms with Gasteiger partial charge in [-0.25, -0.2) is 4.39 Å². The van der Waals surface area contributed by atoms with Gasteiger partial charge in [-0.1, -0.05) is 6.07 Å². The molecular formula is C9H13FN2. The molecule has 1 aromatic rings. The molecule has 0 saturated heterocycles. The average molecular weight is 168 g/mol. The Labute approximate surface area is 71.8 Å². The average Bonchev–Trinajstić information content (AvgIpc) is 2.15. The highest BCUT2D eigenvalue weighted by Gasteiger charge is 2.03. The van der Waals surface area contributed by atoms with Crippen molar-refractivity contribution in [2.24, 2.45) is 0 Å². The van der Waals surface area contributed by atoms with E-state index >= 15 is 0 Å². The molecule has 1 atom stereocenters. The van der Waals surface area contributed by atoms with E-state index in [0.29, 0.717) is 6.54 Å². The smallest absolute Gasteiger partial charge is 0.102 e. The van der Waals surface area contributed by atoms with Crippen LogP contribution in [0, 0.1) is 0 Å². The molecule has 0 saturated carbocycles. The summed E-state index contributed by atoms with van der Waals surface area (Å²) in [5, 5.41) is 3.01. The largest absolute Gasteiger partial charge is 0.306 e. The molecule has 0 aliphatic rings. The maximum Gasteiger partial charge on any atom is 0.102 e. The predicted octanol–water partition coefficient (Wildman–Crippen LogP) is 1.70. The first-order valence-corrected chi connectivity index (χ1v) is 4.05. The lowest BCUT2D eigenvalue weighted by Crippen LogP contribution is -2.21. The van der Waals surface area contributed by atoms with Gasteiger partial charge in [-0.05, 0) is 19.1 Å². The second-order valence-electron chi connectivity index (χ2n) is 2.62. The standard InChI is InChI=1S/C9H13FN2/c1-8(11-7-5-10)9-4-2-3-6-12-9/h2-4,6,8,11H,5,7H2,1H3. The van der Waals surface area contributed by atoms with E-state index in [1.807, 2.05) is 25.1 Å². The van der Waals surface area contributed by atoms with Crippen molar-refractivity contribution >= 4 is 0 Å². The fraction of sp³-hybridized carbons (Fsp3) is 0.444. The first-order chi connectivity index (χ1) is 5.84. The summed E-state index contributed by atoms with van der Waals surface area (Å²) < 4.78 is 11.8. The number of hydrogen-bond donors (Lipinski definition) is 1. The van der Waals surface area contributed by atoms with Crippen molar-refractivity contribution < 1.29 is 4.39 Å². The van der Waals surface area contributed by atoms with Crippen LogP contribution in [0.1, 0.15) is 18.7 Å². The molecule has 0 spiro atoms. The van der Waals surface area contributed by atoms with Crippen LogP contribution in [-0.2, 0) is 0 Å². The Balaban J connectivity index is 2.48. The highest BCUT2D eigenvalue weighted by Crippen LogP contribution is 2.06. The summed E-state index contributed by atoms with van der Waals surface area (Å²) >= 11 is 0. The number of nitrogens with zero attached hydrogens (tertiary/aromatic N) is 1. The SMILES string of the molecule is CC(NCCF)c1ccccn1. The van der Waals surface area contributed by atoms with Gasteiger partial charge in [-0.2, -0.15) is 0 Å². The molecule has 3 heteroatoms. The van der Waals surface area contributed by atoms with Crippen LogP contribution in [0.3, 0.4) is 0 Å². The van der Waals surface area contributed by atoms with Crippen molar-refractivity contribution in [1.29, 1.82) is 0 Å². The molecule has 1 rings (SSSR count). The van der Waals surface area contributed by atoms with E-state index in [4.69, 9.17) is 0 Å². The number of nitrogens with one attached hydrogen (secondary N) is 1. The minimum absolute atomic E-state index is 0.127. The molecule has 1 aromatic heterocycles. The van der Waals surface area contributed by atoms with Crippen molar-refractivity contribution in [2.75, 3.05) is 13.2 Å². The van der Waals surface area contributed by atoms with Gasteiger partial charge in [0, 0.05) is 18.8 Å². The van der Waals surface area contributed by atoms with E-state index in [0.717, 1.165) is 5.69 Å². The van der Waals surface area contributed by atoms with Gasteiger partial charge < -0.3 is 5.32 Å². The fourth-order valence-corrected chi connectivity index (χ4v) is 1.01. The highest BCUT2D eigenvalue weighted by atomic mass is 19.1. The zero-order chi connectivity index (χ0) is 8.81. The number of hydrogen-bond acceptors (Lipinski definition) is 2. The Bertz CT molecular complexity index is 213. The normalized spacial score (nSPS) is 12.8. The van der Waals surface area contributed by atoms with Gasteiger partial charge in [0.15, 0.2) is 0 Å². The molecule has 2 nitrogen and oxygen atoms in total. The van der Waals surface area contributed by atoms with Gasteiger partial charge in [0.25, 0.3) is 0 Å². The van der Waals surface area contributed by atoms with Crippen LogP contribution in [0.4, 0.5) is 4.39 Å². The molecule has 0 bridgehead atoms. The lowest BCUT2D eigenvalue weighted by atomic mass is 10.2. The van der Waals surface area contributed by atoms with E-state index in [-0.39, 0.29) is 12.7 Å². The number of rotatable bonds is 4. The molecule has 66 valence electrons. The van der Waals surface area contributed by atoms with Crippen LogP contribution in [-0.4, -0.2) is 18.2 Å². The van der Waals surface area contributed by atoms with E-state index in [1.54, 1.807) is 6.20 Å².